The monoisotopic (exact) mass is 472 g/mol. The summed E-state index contributed by atoms with van der Waals surface area (Å²) in [5.74, 6) is 0.916. The van der Waals surface area contributed by atoms with Gasteiger partial charge in [-0.25, -0.2) is 4.99 Å². The molecule has 1 amide bonds. The van der Waals surface area contributed by atoms with Gasteiger partial charge in [-0.15, -0.1) is 0 Å². The number of amides is 1. The van der Waals surface area contributed by atoms with Gasteiger partial charge in [-0.2, -0.15) is 0 Å². The Bertz CT molecular complexity index is 1210. The predicted octanol–water partition coefficient (Wildman–Crippen LogP) is 7.73. The number of aliphatic imine (C=N–C) groups is 1. The van der Waals surface area contributed by atoms with Crippen molar-refractivity contribution in [1.29, 1.82) is 0 Å². The summed E-state index contributed by atoms with van der Waals surface area (Å²) in [6.07, 6.45) is 6.10. The van der Waals surface area contributed by atoms with E-state index >= 15 is 0 Å². The van der Waals surface area contributed by atoms with Crippen LogP contribution in [0, 0.1) is 6.92 Å². The van der Waals surface area contributed by atoms with Gasteiger partial charge in [-0.3, -0.25) is 9.69 Å². The zero-order valence-corrected chi connectivity index (χ0v) is 21.0. The van der Waals surface area contributed by atoms with Crippen molar-refractivity contribution in [2.24, 2.45) is 4.99 Å². The number of unbranched alkanes of at least 4 members (excludes halogenated alkanes) is 2. The van der Waals surface area contributed by atoms with E-state index in [2.05, 4.69) is 39.0 Å². The molecule has 3 aromatic carbocycles. The van der Waals surface area contributed by atoms with Crippen LogP contribution < -0.4 is 4.74 Å². The number of carbonyl (C=O) groups is 1. The van der Waals surface area contributed by atoms with Crippen LogP contribution in [0.25, 0.3) is 16.8 Å². The zero-order chi connectivity index (χ0) is 23.9. The van der Waals surface area contributed by atoms with Crippen LogP contribution in [-0.2, 0) is 4.79 Å². The Morgan fingerprint density at radius 1 is 0.941 bits per heavy atom. The van der Waals surface area contributed by atoms with Gasteiger partial charge < -0.3 is 4.74 Å². The highest BCUT2D eigenvalue weighted by Gasteiger charge is 2.33. The number of hydrogen-bond acceptors (Lipinski definition) is 4. The average molecular weight is 473 g/mol. The Kier molecular flexibility index (Phi) is 8.07. The molecule has 1 heterocycles. The lowest BCUT2D eigenvalue weighted by atomic mass is 10.0. The number of aryl methyl sites for hydroxylation is 1. The lowest BCUT2D eigenvalue weighted by Crippen LogP contribution is -2.30. The van der Waals surface area contributed by atoms with Gasteiger partial charge in [0, 0.05) is 11.9 Å². The molecule has 0 saturated carbocycles. The number of thioether (sulfide) groups is 1. The molecule has 5 heteroatoms. The first-order chi connectivity index (χ1) is 16.6. The van der Waals surface area contributed by atoms with Crippen molar-refractivity contribution in [3.05, 3.63) is 76.7 Å². The fourth-order valence-electron chi connectivity index (χ4n) is 3.85. The van der Waals surface area contributed by atoms with Gasteiger partial charge in [-0.1, -0.05) is 74.7 Å². The Balaban J connectivity index is 1.68. The highest BCUT2D eigenvalue weighted by Crippen LogP contribution is 2.37. The number of hydrogen-bond donors (Lipinski definition) is 0. The third-order valence-corrected chi connectivity index (χ3v) is 6.85. The van der Waals surface area contributed by atoms with Gasteiger partial charge >= 0.3 is 0 Å². The molecule has 0 aliphatic carbocycles. The first-order valence-corrected chi connectivity index (χ1v) is 12.9. The van der Waals surface area contributed by atoms with Crippen molar-refractivity contribution in [2.75, 3.05) is 13.2 Å². The Morgan fingerprint density at radius 2 is 1.68 bits per heavy atom. The van der Waals surface area contributed by atoms with Crippen molar-refractivity contribution in [3.63, 3.8) is 0 Å². The van der Waals surface area contributed by atoms with Crippen LogP contribution in [0.4, 0.5) is 5.69 Å². The number of fused-ring (bicyclic) bond motifs is 1. The van der Waals surface area contributed by atoms with Crippen LogP contribution in [0.2, 0.25) is 0 Å². The second-order valence-electron chi connectivity index (χ2n) is 8.55. The van der Waals surface area contributed by atoms with E-state index in [-0.39, 0.29) is 5.91 Å². The first-order valence-electron chi connectivity index (χ1n) is 12.1. The summed E-state index contributed by atoms with van der Waals surface area (Å²) in [7, 11) is 0. The molecular weight excluding hydrogens is 440 g/mol. The fourth-order valence-corrected chi connectivity index (χ4v) is 4.86. The molecule has 1 aliphatic rings. The van der Waals surface area contributed by atoms with Crippen LogP contribution in [0.1, 0.15) is 50.7 Å². The third-order valence-electron chi connectivity index (χ3n) is 5.84. The third kappa shape index (κ3) is 5.53. The smallest absolute Gasteiger partial charge is 0.266 e. The minimum atomic E-state index is 0.0247. The van der Waals surface area contributed by atoms with Gasteiger partial charge in [0.05, 0.1) is 17.2 Å². The summed E-state index contributed by atoms with van der Waals surface area (Å²) in [5.41, 5.74) is 3.07. The van der Waals surface area contributed by atoms with E-state index in [0.29, 0.717) is 18.1 Å². The van der Waals surface area contributed by atoms with Crippen LogP contribution in [0.5, 0.6) is 5.75 Å². The standard InChI is InChI=1S/C29H32N2O2S/c1-4-6-18-31-28(32)27(34-29(31)30-23-15-12-21(3)13-16-23)20-22-14-17-26(33-19-7-5-2)25-11-9-8-10-24(22)25/h8-17,20H,4-7,18-19H2,1-3H3/b27-20+,30-29?. The maximum absolute atomic E-state index is 13.4. The van der Waals surface area contributed by atoms with Crippen molar-refractivity contribution in [1.82, 2.24) is 4.90 Å². The summed E-state index contributed by atoms with van der Waals surface area (Å²) in [5, 5.41) is 2.90. The minimum absolute atomic E-state index is 0.0247. The molecule has 4 nitrogen and oxygen atoms in total. The van der Waals surface area contributed by atoms with Crippen LogP contribution in [0.15, 0.2) is 70.6 Å². The second kappa shape index (κ2) is 11.4. The van der Waals surface area contributed by atoms with E-state index in [1.54, 1.807) is 0 Å². The number of amidine groups is 1. The molecule has 4 rings (SSSR count). The molecule has 1 fully saturated rings. The topological polar surface area (TPSA) is 41.9 Å². The van der Waals surface area contributed by atoms with Crippen LogP contribution in [0.3, 0.4) is 0 Å². The second-order valence-corrected chi connectivity index (χ2v) is 9.56. The summed E-state index contributed by atoms with van der Waals surface area (Å²) in [6, 6.07) is 20.4. The molecule has 0 radical (unpaired) electrons. The number of rotatable bonds is 9. The van der Waals surface area contributed by atoms with E-state index in [1.807, 2.05) is 53.4 Å². The number of nitrogens with zero attached hydrogens (tertiary/aromatic N) is 2. The van der Waals surface area contributed by atoms with Gasteiger partial charge in [0.1, 0.15) is 5.75 Å². The van der Waals surface area contributed by atoms with E-state index < -0.39 is 0 Å². The number of ether oxygens (including phenoxy) is 1. The van der Waals surface area contributed by atoms with E-state index in [0.717, 1.165) is 58.6 Å². The van der Waals surface area contributed by atoms with Crippen LogP contribution in [-0.4, -0.2) is 29.1 Å². The first kappa shape index (κ1) is 24.1. The molecule has 0 aromatic heterocycles. The Morgan fingerprint density at radius 3 is 2.41 bits per heavy atom. The Labute approximate surface area is 206 Å². The van der Waals surface area contributed by atoms with Gasteiger partial charge in [0.15, 0.2) is 5.17 Å². The normalized spacial score (nSPS) is 16.2. The molecule has 1 saturated heterocycles. The molecule has 1 aliphatic heterocycles. The molecule has 0 N–H and O–H groups in total. The molecule has 0 unspecified atom stereocenters. The SMILES string of the molecule is CCCCOc1ccc(/C=C2/SC(=Nc3ccc(C)cc3)N(CCCC)C2=O)c2ccccc12. The molecule has 3 aromatic rings. The quantitative estimate of drug-likeness (QED) is 0.236. The molecule has 0 atom stereocenters. The van der Waals surface area contributed by atoms with Crippen molar-refractivity contribution in [3.8, 4) is 5.75 Å². The van der Waals surface area contributed by atoms with E-state index in [1.165, 1.54) is 17.3 Å². The lowest BCUT2D eigenvalue weighted by Gasteiger charge is -2.14. The van der Waals surface area contributed by atoms with E-state index in [9.17, 15) is 4.79 Å². The number of benzene rings is 3. The zero-order valence-electron chi connectivity index (χ0n) is 20.2. The van der Waals surface area contributed by atoms with Gasteiger partial charge in [-0.05, 0) is 66.8 Å². The maximum Gasteiger partial charge on any atom is 0.266 e. The van der Waals surface area contributed by atoms with Crippen molar-refractivity contribution < 1.29 is 9.53 Å². The lowest BCUT2D eigenvalue weighted by molar-refractivity contribution is -0.122. The highest BCUT2D eigenvalue weighted by molar-refractivity contribution is 8.18. The van der Waals surface area contributed by atoms with Crippen LogP contribution >= 0.6 is 11.8 Å². The summed E-state index contributed by atoms with van der Waals surface area (Å²) >= 11 is 1.46. The summed E-state index contributed by atoms with van der Waals surface area (Å²) < 4.78 is 6.04. The molecular formula is C29H32N2O2S. The highest BCUT2D eigenvalue weighted by atomic mass is 32.2. The summed E-state index contributed by atoms with van der Waals surface area (Å²) in [6.45, 7) is 7.74. The molecule has 0 bridgehead atoms. The van der Waals surface area contributed by atoms with Crippen molar-refractivity contribution in [2.45, 2.75) is 46.5 Å². The van der Waals surface area contributed by atoms with Gasteiger partial charge in [0.25, 0.3) is 5.91 Å². The minimum Gasteiger partial charge on any atom is -0.493 e. The largest absolute Gasteiger partial charge is 0.493 e. The molecule has 0 spiro atoms. The number of carbonyl (C=O) groups excluding carboxylic acids is 1. The van der Waals surface area contributed by atoms with Crippen molar-refractivity contribution >= 4 is 45.4 Å². The predicted molar refractivity (Wildman–Crippen MR) is 145 cm³/mol. The fraction of sp³-hybridized carbons (Fsp3) is 0.310. The summed E-state index contributed by atoms with van der Waals surface area (Å²) in [4.78, 5) is 20.7. The Hall–Kier alpha value is -3.05. The average Bonchev–Trinajstić information content (AvgIpc) is 3.14. The van der Waals surface area contributed by atoms with E-state index in [4.69, 9.17) is 9.73 Å². The van der Waals surface area contributed by atoms with Gasteiger partial charge in [0.2, 0.25) is 0 Å². The molecule has 34 heavy (non-hydrogen) atoms. The maximum atomic E-state index is 13.4. The molecule has 176 valence electrons.